The number of phenols is 1. The van der Waals surface area contributed by atoms with Crippen molar-refractivity contribution in [3.63, 3.8) is 0 Å². The molecular formula is C28H33NO3. The van der Waals surface area contributed by atoms with Crippen LogP contribution in [0.5, 0.6) is 5.75 Å². The number of nitrogens with zero attached hydrogens (tertiary/aromatic N) is 1. The molecule has 1 aliphatic carbocycles. The summed E-state index contributed by atoms with van der Waals surface area (Å²) in [7, 11) is 0. The second-order valence-corrected chi connectivity index (χ2v) is 11.2. The molecule has 2 fully saturated rings. The molecule has 2 heterocycles. The standard InChI is InChI=1S/C28H33NO3/c1-18-21-10-11-24(30)23(15-29-17-28(4)14-20(29)13-27(2,3)16-28)25(21)32-26(31)22(18)12-19-8-6-5-7-9-19/h5-11,20,30H,12-17H2,1-4H3. The van der Waals surface area contributed by atoms with Crippen molar-refractivity contribution in [3.05, 3.63) is 75.1 Å². The zero-order valence-electron chi connectivity index (χ0n) is 19.6. The SMILES string of the molecule is Cc1c(Cc2ccccc2)c(=O)oc2c(CN3CC4(C)CC3CC(C)(C)C4)c(O)ccc12. The summed E-state index contributed by atoms with van der Waals surface area (Å²) >= 11 is 0. The van der Waals surface area contributed by atoms with E-state index in [1.807, 2.05) is 43.3 Å². The zero-order valence-corrected chi connectivity index (χ0v) is 19.6. The number of likely N-dealkylation sites (tertiary alicyclic amines) is 1. The fourth-order valence-electron chi connectivity index (χ4n) is 6.62. The van der Waals surface area contributed by atoms with Gasteiger partial charge in [0.05, 0.1) is 5.56 Å². The molecule has 2 aromatic carbocycles. The van der Waals surface area contributed by atoms with Crippen molar-refractivity contribution in [1.29, 1.82) is 0 Å². The minimum atomic E-state index is -0.307. The maximum Gasteiger partial charge on any atom is 0.340 e. The molecule has 2 bridgehead atoms. The average molecular weight is 432 g/mol. The lowest BCUT2D eigenvalue weighted by Gasteiger charge is -2.40. The maximum atomic E-state index is 13.0. The molecule has 1 aromatic heterocycles. The van der Waals surface area contributed by atoms with E-state index >= 15 is 0 Å². The van der Waals surface area contributed by atoms with Crippen molar-refractivity contribution < 1.29 is 9.52 Å². The summed E-state index contributed by atoms with van der Waals surface area (Å²) < 4.78 is 5.90. The van der Waals surface area contributed by atoms with Crippen LogP contribution in [-0.2, 0) is 13.0 Å². The molecule has 0 amide bonds. The summed E-state index contributed by atoms with van der Waals surface area (Å²) in [5.74, 6) is 0.210. The molecule has 0 spiro atoms. The highest BCUT2D eigenvalue weighted by Crippen LogP contribution is 2.53. The van der Waals surface area contributed by atoms with E-state index < -0.39 is 0 Å². The van der Waals surface area contributed by atoms with E-state index in [9.17, 15) is 9.90 Å². The van der Waals surface area contributed by atoms with Crippen LogP contribution >= 0.6 is 0 Å². The Kier molecular flexibility index (Phi) is 4.97. The molecule has 168 valence electrons. The Balaban J connectivity index is 1.53. The molecule has 1 saturated carbocycles. The number of phenolic OH excluding ortho intramolecular Hbond substituents is 1. The minimum Gasteiger partial charge on any atom is -0.507 e. The number of aryl methyl sites for hydroxylation is 1. The average Bonchev–Trinajstić information content (AvgIpc) is 2.96. The van der Waals surface area contributed by atoms with Gasteiger partial charge in [-0.1, -0.05) is 51.1 Å². The Hall–Kier alpha value is -2.59. The van der Waals surface area contributed by atoms with E-state index in [1.165, 1.54) is 12.8 Å². The van der Waals surface area contributed by atoms with Crippen molar-refractivity contribution in [2.75, 3.05) is 6.54 Å². The van der Waals surface area contributed by atoms with Gasteiger partial charge in [-0.05, 0) is 60.3 Å². The molecule has 0 radical (unpaired) electrons. The summed E-state index contributed by atoms with van der Waals surface area (Å²) in [5.41, 5.74) is 4.33. The quantitative estimate of drug-likeness (QED) is 0.531. The van der Waals surface area contributed by atoms with Crippen LogP contribution in [0.15, 0.2) is 51.7 Å². The Morgan fingerprint density at radius 3 is 2.56 bits per heavy atom. The zero-order chi connectivity index (χ0) is 22.7. The maximum absolute atomic E-state index is 13.0. The smallest absolute Gasteiger partial charge is 0.340 e. The van der Waals surface area contributed by atoms with Crippen LogP contribution in [0.2, 0.25) is 0 Å². The van der Waals surface area contributed by atoms with Gasteiger partial charge < -0.3 is 9.52 Å². The molecule has 1 saturated heterocycles. The van der Waals surface area contributed by atoms with Gasteiger partial charge in [-0.2, -0.15) is 0 Å². The largest absolute Gasteiger partial charge is 0.507 e. The number of hydrogen-bond donors (Lipinski definition) is 1. The van der Waals surface area contributed by atoms with Crippen LogP contribution in [0.3, 0.4) is 0 Å². The topological polar surface area (TPSA) is 53.7 Å². The van der Waals surface area contributed by atoms with E-state index in [0.29, 0.717) is 41.0 Å². The van der Waals surface area contributed by atoms with E-state index in [1.54, 1.807) is 6.07 Å². The lowest BCUT2D eigenvalue weighted by atomic mass is 9.65. The third-order valence-electron chi connectivity index (χ3n) is 7.64. The van der Waals surface area contributed by atoms with Crippen LogP contribution in [-0.4, -0.2) is 22.6 Å². The van der Waals surface area contributed by atoms with Gasteiger partial charge in [0.2, 0.25) is 0 Å². The Morgan fingerprint density at radius 2 is 1.81 bits per heavy atom. The Labute approximate surface area is 189 Å². The van der Waals surface area contributed by atoms with E-state index in [2.05, 4.69) is 25.7 Å². The molecule has 1 N–H and O–H groups in total. The molecule has 4 nitrogen and oxygen atoms in total. The molecule has 5 rings (SSSR count). The van der Waals surface area contributed by atoms with Crippen molar-refractivity contribution in [1.82, 2.24) is 4.90 Å². The third kappa shape index (κ3) is 3.75. The van der Waals surface area contributed by atoms with Gasteiger partial charge >= 0.3 is 5.63 Å². The van der Waals surface area contributed by atoms with Gasteiger partial charge in [0.1, 0.15) is 11.3 Å². The van der Waals surface area contributed by atoms with Gasteiger partial charge in [0.25, 0.3) is 0 Å². The first-order valence-corrected chi connectivity index (χ1v) is 11.7. The normalized spacial score (nSPS) is 24.8. The number of rotatable bonds is 4. The number of fused-ring (bicyclic) bond motifs is 3. The third-order valence-corrected chi connectivity index (χ3v) is 7.64. The van der Waals surface area contributed by atoms with E-state index in [0.717, 1.165) is 35.0 Å². The van der Waals surface area contributed by atoms with Crippen LogP contribution < -0.4 is 5.63 Å². The lowest BCUT2D eigenvalue weighted by Crippen LogP contribution is -2.34. The number of benzene rings is 2. The summed E-state index contributed by atoms with van der Waals surface area (Å²) in [4.78, 5) is 15.5. The fourth-order valence-corrected chi connectivity index (χ4v) is 6.62. The monoisotopic (exact) mass is 431 g/mol. The first-order chi connectivity index (χ1) is 15.1. The van der Waals surface area contributed by atoms with Gasteiger partial charge in [-0.25, -0.2) is 4.79 Å². The molecule has 2 unspecified atom stereocenters. The lowest BCUT2D eigenvalue weighted by molar-refractivity contribution is 0.126. The summed E-state index contributed by atoms with van der Waals surface area (Å²) in [6.45, 7) is 10.8. The highest BCUT2D eigenvalue weighted by atomic mass is 16.4. The fraction of sp³-hybridized carbons (Fsp3) is 0.464. The number of aromatic hydroxyl groups is 1. The first-order valence-electron chi connectivity index (χ1n) is 11.7. The van der Waals surface area contributed by atoms with Crippen molar-refractivity contribution >= 4 is 11.0 Å². The highest BCUT2D eigenvalue weighted by Gasteiger charge is 2.49. The molecule has 1 aliphatic heterocycles. The predicted octanol–water partition coefficient (Wildman–Crippen LogP) is 5.80. The van der Waals surface area contributed by atoms with Crippen LogP contribution in [0.25, 0.3) is 11.0 Å². The Morgan fingerprint density at radius 1 is 1.06 bits per heavy atom. The van der Waals surface area contributed by atoms with Crippen molar-refractivity contribution in [2.45, 2.75) is 66.0 Å². The predicted molar refractivity (Wildman–Crippen MR) is 128 cm³/mol. The molecule has 3 aromatic rings. The second kappa shape index (κ2) is 7.48. The van der Waals surface area contributed by atoms with Gasteiger partial charge in [0, 0.05) is 36.5 Å². The Bertz CT molecular complexity index is 1230. The summed E-state index contributed by atoms with van der Waals surface area (Å²) in [6.07, 6.45) is 4.14. The van der Waals surface area contributed by atoms with Gasteiger partial charge in [-0.15, -0.1) is 0 Å². The van der Waals surface area contributed by atoms with Crippen LogP contribution in [0, 0.1) is 17.8 Å². The molecule has 2 aliphatic rings. The van der Waals surface area contributed by atoms with E-state index in [4.69, 9.17) is 4.42 Å². The molecular weight excluding hydrogens is 398 g/mol. The van der Waals surface area contributed by atoms with Crippen LogP contribution in [0.4, 0.5) is 0 Å². The van der Waals surface area contributed by atoms with E-state index in [-0.39, 0.29) is 11.4 Å². The number of hydrogen-bond acceptors (Lipinski definition) is 4. The first kappa shape index (κ1) is 21.3. The van der Waals surface area contributed by atoms with Gasteiger partial charge in [0.15, 0.2) is 0 Å². The molecule has 32 heavy (non-hydrogen) atoms. The summed E-state index contributed by atoms with van der Waals surface area (Å²) in [5, 5.41) is 11.7. The van der Waals surface area contributed by atoms with Crippen molar-refractivity contribution in [3.8, 4) is 5.75 Å². The minimum absolute atomic E-state index is 0.210. The van der Waals surface area contributed by atoms with Crippen LogP contribution in [0.1, 0.15) is 62.3 Å². The highest BCUT2D eigenvalue weighted by molar-refractivity contribution is 5.85. The molecule has 4 heteroatoms. The van der Waals surface area contributed by atoms with Crippen molar-refractivity contribution in [2.24, 2.45) is 10.8 Å². The molecule has 2 atom stereocenters. The second-order valence-electron chi connectivity index (χ2n) is 11.2. The van der Waals surface area contributed by atoms with Gasteiger partial charge in [-0.3, -0.25) is 4.90 Å². The summed E-state index contributed by atoms with van der Waals surface area (Å²) in [6, 6.07) is 14.1.